The number of carbonyl (C=O) groups excluding carboxylic acids is 1. The minimum atomic E-state index is -0.413. The van der Waals surface area contributed by atoms with Gasteiger partial charge in [-0.15, -0.1) is 0 Å². The lowest BCUT2D eigenvalue weighted by Crippen LogP contribution is -2.38. The van der Waals surface area contributed by atoms with E-state index in [4.69, 9.17) is 0 Å². The first-order valence-electron chi connectivity index (χ1n) is 8.10. The van der Waals surface area contributed by atoms with Crippen molar-refractivity contribution in [1.82, 2.24) is 4.90 Å². The molecular weight excluding hydrogens is 291 g/mol. The second-order valence-electron chi connectivity index (χ2n) is 5.86. The highest BCUT2D eigenvalue weighted by Crippen LogP contribution is 2.36. The van der Waals surface area contributed by atoms with Crippen molar-refractivity contribution < 1.29 is 9.18 Å². The number of amides is 2. The van der Waals surface area contributed by atoms with Gasteiger partial charge >= 0.3 is 6.03 Å². The average Bonchev–Trinajstić information content (AvgIpc) is 2.98. The molecule has 3 nitrogen and oxygen atoms in total. The van der Waals surface area contributed by atoms with Crippen LogP contribution in [0.15, 0.2) is 48.5 Å². The summed E-state index contributed by atoms with van der Waals surface area (Å²) in [5, 5.41) is 2.71. The molecule has 23 heavy (non-hydrogen) atoms. The second-order valence-corrected chi connectivity index (χ2v) is 5.86. The van der Waals surface area contributed by atoms with Gasteiger partial charge in [0.1, 0.15) is 5.82 Å². The molecule has 4 heteroatoms. The highest BCUT2D eigenvalue weighted by atomic mass is 19.1. The van der Waals surface area contributed by atoms with Gasteiger partial charge in [-0.05, 0) is 42.5 Å². The van der Waals surface area contributed by atoms with Gasteiger partial charge in [0.05, 0.1) is 11.7 Å². The molecule has 0 bridgehead atoms. The number of anilines is 1. The molecule has 0 radical (unpaired) electrons. The maximum Gasteiger partial charge on any atom is 0.322 e. The third kappa shape index (κ3) is 3.21. The molecule has 0 heterocycles. The van der Waals surface area contributed by atoms with Crippen LogP contribution in [0.25, 0.3) is 0 Å². The maximum atomic E-state index is 13.8. The van der Waals surface area contributed by atoms with Gasteiger partial charge in [-0.1, -0.05) is 43.3 Å². The number of rotatable bonds is 4. The lowest BCUT2D eigenvalue weighted by molar-refractivity contribution is 0.187. The third-order valence-electron chi connectivity index (χ3n) is 4.32. The molecule has 0 fully saturated rings. The number of carbonyl (C=O) groups is 1. The fourth-order valence-corrected chi connectivity index (χ4v) is 3.25. The van der Waals surface area contributed by atoms with Gasteiger partial charge in [-0.25, -0.2) is 9.18 Å². The van der Waals surface area contributed by atoms with Crippen LogP contribution in [0, 0.1) is 5.82 Å². The number of benzene rings is 2. The Morgan fingerprint density at radius 2 is 1.96 bits per heavy atom. The zero-order valence-corrected chi connectivity index (χ0v) is 13.3. The molecule has 120 valence electrons. The Morgan fingerprint density at radius 1 is 1.22 bits per heavy atom. The maximum absolute atomic E-state index is 13.8. The number of fused-ring (bicyclic) bond motifs is 1. The number of aryl methyl sites for hydroxylation is 1. The Balaban J connectivity index is 1.82. The fraction of sp³-hybridized carbons (Fsp3) is 0.316. The number of para-hydroxylation sites is 1. The number of nitrogens with zero attached hydrogens (tertiary/aromatic N) is 1. The summed E-state index contributed by atoms with van der Waals surface area (Å²) in [4.78, 5) is 14.5. The molecule has 0 saturated carbocycles. The highest BCUT2D eigenvalue weighted by molar-refractivity contribution is 5.89. The van der Waals surface area contributed by atoms with Gasteiger partial charge in [0, 0.05) is 6.54 Å². The second kappa shape index (κ2) is 6.82. The monoisotopic (exact) mass is 312 g/mol. The summed E-state index contributed by atoms with van der Waals surface area (Å²) in [5.41, 5.74) is 2.74. The molecule has 0 aliphatic heterocycles. The van der Waals surface area contributed by atoms with Crippen LogP contribution in [0.3, 0.4) is 0 Å². The Bertz CT molecular complexity index is 701. The van der Waals surface area contributed by atoms with Gasteiger partial charge in [0.25, 0.3) is 0 Å². The van der Waals surface area contributed by atoms with E-state index in [0.717, 1.165) is 19.3 Å². The van der Waals surface area contributed by atoms with Crippen molar-refractivity contribution in [3.63, 3.8) is 0 Å². The van der Waals surface area contributed by atoms with Gasteiger partial charge in [0.2, 0.25) is 0 Å². The Labute approximate surface area is 136 Å². The number of nitrogens with one attached hydrogen (secondary N) is 1. The molecule has 2 aromatic carbocycles. The van der Waals surface area contributed by atoms with Crippen LogP contribution in [-0.4, -0.2) is 17.5 Å². The molecule has 0 unspecified atom stereocenters. The van der Waals surface area contributed by atoms with Crippen LogP contribution in [0.5, 0.6) is 0 Å². The first-order valence-corrected chi connectivity index (χ1v) is 8.10. The van der Waals surface area contributed by atoms with Gasteiger partial charge in [-0.2, -0.15) is 0 Å². The first kappa shape index (κ1) is 15.5. The smallest absolute Gasteiger partial charge is 0.317 e. The normalized spacial score (nSPS) is 16.0. The Kier molecular flexibility index (Phi) is 4.60. The molecule has 1 aliphatic carbocycles. The molecule has 2 amide bonds. The predicted octanol–water partition coefficient (Wildman–Crippen LogP) is 4.76. The number of halogens is 1. The van der Waals surface area contributed by atoms with Crippen LogP contribution < -0.4 is 5.32 Å². The highest BCUT2D eigenvalue weighted by Gasteiger charge is 2.30. The topological polar surface area (TPSA) is 32.3 Å². The lowest BCUT2D eigenvalue weighted by Gasteiger charge is -2.29. The molecule has 1 aliphatic rings. The summed E-state index contributed by atoms with van der Waals surface area (Å²) in [6.07, 6.45) is 2.77. The summed E-state index contributed by atoms with van der Waals surface area (Å²) in [6, 6.07) is 14.3. The third-order valence-corrected chi connectivity index (χ3v) is 4.32. The Morgan fingerprint density at radius 3 is 2.74 bits per heavy atom. The molecule has 1 atom stereocenters. The van der Waals surface area contributed by atoms with E-state index in [2.05, 4.69) is 17.4 Å². The minimum absolute atomic E-state index is 0.0675. The quantitative estimate of drug-likeness (QED) is 0.867. The van der Waals surface area contributed by atoms with E-state index in [0.29, 0.717) is 6.54 Å². The van der Waals surface area contributed by atoms with Gasteiger partial charge in [-0.3, -0.25) is 0 Å². The molecule has 0 saturated heterocycles. The van der Waals surface area contributed by atoms with Crippen molar-refractivity contribution >= 4 is 11.7 Å². The van der Waals surface area contributed by atoms with Crippen molar-refractivity contribution in [3.05, 3.63) is 65.5 Å². The lowest BCUT2D eigenvalue weighted by atomic mass is 10.1. The van der Waals surface area contributed by atoms with Crippen LogP contribution in [0.4, 0.5) is 14.9 Å². The summed E-state index contributed by atoms with van der Waals surface area (Å²) >= 11 is 0. The number of urea groups is 1. The fourth-order valence-electron chi connectivity index (χ4n) is 3.25. The van der Waals surface area contributed by atoms with Crippen molar-refractivity contribution in [3.8, 4) is 0 Å². The van der Waals surface area contributed by atoms with Crippen molar-refractivity contribution in [2.45, 2.75) is 32.2 Å². The molecule has 1 N–H and O–H groups in total. The number of hydrogen-bond acceptors (Lipinski definition) is 1. The summed E-state index contributed by atoms with van der Waals surface area (Å²) in [7, 11) is 0. The zero-order chi connectivity index (χ0) is 16.2. The van der Waals surface area contributed by atoms with Crippen molar-refractivity contribution in [2.75, 3.05) is 11.9 Å². The van der Waals surface area contributed by atoms with Crippen LogP contribution in [0.1, 0.15) is 36.9 Å². The standard InChI is InChI=1S/C19H21FN2O/c1-2-13-22(18-12-11-14-7-3-4-8-15(14)18)19(23)21-17-10-6-5-9-16(17)20/h3-10,18H,2,11-13H2,1H3,(H,21,23)/t18-/m0/s1. The van der Waals surface area contributed by atoms with E-state index < -0.39 is 5.82 Å². The minimum Gasteiger partial charge on any atom is -0.317 e. The number of hydrogen-bond donors (Lipinski definition) is 1. The van der Waals surface area contributed by atoms with Crippen LogP contribution in [-0.2, 0) is 6.42 Å². The van der Waals surface area contributed by atoms with Crippen molar-refractivity contribution in [1.29, 1.82) is 0 Å². The van der Waals surface area contributed by atoms with E-state index in [1.165, 1.54) is 17.2 Å². The summed E-state index contributed by atoms with van der Waals surface area (Å²) in [6.45, 7) is 2.70. The van der Waals surface area contributed by atoms with E-state index in [1.807, 2.05) is 24.0 Å². The SMILES string of the molecule is CCCN(C(=O)Nc1ccccc1F)[C@H]1CCc2ccccc21. The van der Waals surface area contributed by atoms with Crippen LogP contribution in [0.2, 0.25) is 0 Å². The first-order chi connectivity index (χ1) is 11.2. The molecular formula is C19H21FN2O. The van der Waals surface area contributed by atoms with E-state index in [1.54, 1.807) is 18.2 Å². The zero-order valence-electron chi connectivity index (χ0n) is 13.3. The molecule has 2 aromatic rings. The molecule has 0 spiro atoms. The predicted molar refractivity (Wildman–Crippen MR) is 89.9 cm³/mol. The largest absolute Gasteiger partial charge is 0.322 e. The van der Waals surface area contributed by atoms with Gasteiger partial charge in [0.15, 0.2) is 0 Å². The van der Waals surface area contributed by atoms with E-state index in [-0.39, 0.29) is 17.8 Å². The average molecular weight is 312 g/mol. The van der Waals surface area contributed by atoms with E-state index >= 15 is 0 Å². The summed E-state index contributed by atoms with van der Waals surface area (Å²) in [5.74, 6) is -0.413. The van der Waals surface area contributed by atoms with E-state index in [9.17, 15) is 9.18 Å². The van der Waals surface area contributed by atoms with Crippen LogP contribution >= 0.6 is 0 Å². The van der Waals surface area contributed by atoms with Gasteiger partial charge < -0.3 is 10.2 Å². The Hall–Kier alpha value is -2.36. The van der Waals surface area contributed by atoms with Crippen molar-refractivity contribution in [2.24, 2.45) is 0 Å². The molecule has 0 aromatic heterocycles. The molecule has 3 rings (SSSR count). The summed E-state index contributed by atoms with van der Waals surface area (Å²) < 4.78 is 13.8.